The molecule has 11 nitrogen and oxygen atoms in total. The standard InChI is InChI=1S/C23H23N5O6S/c1-15-21(23(31)28(27(15)3)18-7-5-4-6-8-18)26-22(30)16(2)34-20(29)14-25-35(32,33)19-11-9-17(13-24)10-12-19/h4-12,16,25H,14H2,1-3H3,(H,26,30). The first kappa shape index (κ1) is 25.4. The molecular formula is C23H23N5O6S. The summed E-state index contributed by atoms with van der Waals surface area (Å²) in [6, 6.07) is 15.9. The minimum Gasteiger partial charge on any atom is -0.452 e. The second-order valence-corrected chi connectivity index (χ2v) is 9.29. The van der Waals surface area contributed by atoms with Crippen molar-refractivity contribution in [2.75, 3.05) is 11.9 Å². The van der Waals surface area contributed by atoms with Gasteiger partial charge in [-0.05, 0) is 50.2 Å². The molecule has 182 valence electrons. The van der Waals surface area contributed by atoms with Gasteiger partial charge in [0.15, 0.2) is 6.10 Å². The number of amides is 1. The third-order valence-corrected chi connectivity index (χ3v) is 6.60. The van der Waals surface area contributed by atoms with Crippen LogP contribution in [0.3, 0.4) is 0 Å². The van der Waals surface area contributed by atoms with Gasteiger partial charge in [-0.2, -0.15) is 9.98 Å². The van der Waals surface area contributed by atoms with E-state index in [1.807, 2.05) is 12.1 Å². The van der Waals surface area contributed by atoms with E-state index in [0.717, 1.165) is 0 Å². The number of nitriles is 1. The molecule has 1 amide bonds. The fourth-order valence-electron chi connectivity index (χ4n) is 3.18. The minimum absolute atomic E-state index is 0.0331. The van der Waals surface area contributed by atoms with Crippen molar-refractivity contribution in [2.45, 2.75) is 24.8 Å². The van der Waals surface area contributed by atoms with Crippen LogP contribution in [0.1, 0.15) is 18.2 Å². The molecule has 0 aliphatic heterocycles. The Bertz CT molecular complexity index is 1450. The Morgan fingerprint density at radius 2 is 1.74 bits per heavy atom. The molecule has 0 saturated carbocycles. The van der Waals surface area contributed by atoms with Crippen LogP contribution in [0, 0.1) is 18.3 Å². The number of rotatable bonds is 8. The molecule has 35 heavy (non-hydrogen) atoms. The van der Waals surface area contributed by atoms with E-state index in [4.69, 9.17) is 10.00 Å². The quantitative estimate of drug-likeness (QED) is 0.444. The predicted molar refractivity (Wildman–Crippen MR) is 126 cm³/mol. The summed E-state index contributed by atoms with van der Waals surface area (Å²) in [4.78, 5) is 37.5. The maximum Gasteiger partial charge on any atom is 0.321 e. The zero-order chi connectivity index (χ0) is 25.8. The van der Waals surface area contributed by atoms with E-state index in [1.54, 1.807) is 42.9 Å². The Labute approximate surface area is 201 Å². The monoisotopic (exact) mass is 497 g/mol. The lowest BCUT2D eigenvalue weighted by molar-refractivity contribution is -0.151. The van der Waals surface area contributed by atoms with E-state index in [2.05, 4.69) is 10.0 Å². The van der Waals surface area contributed by atoms with Gasteiger partial charge in [0.05, 0.1) is 27.9 Å². The Morgan fingerprint density at radius 3 is 2.34 bits per heavy atom. The molecular weight excluding hydrogens is 474 g/mol. The molecule has 0 aliphatic carbocycles. The first-order valence-corrected chi connectivity index (χ1v) is 11.9. The molecule has 2 aromatic carbocycles. The highest BCUT2D eigenvalue weighted by molar-refractivity contribution is 7.89. The zero-order valence-electron chi connectivity index (χ0n) is 19.2. The van der Waals surface area contributed by atoms with Crippen LogP contribution in [0.4, 0.5) is 5.69 Å². The average Bonchev–Trinajstić information content (AvgIpc) is 3.06. The molecule has 0 radical (unpaired) electrons. The van der Waals surface area contributed by atoms with Crippen molar-refractivity contribution in [1.82, 2.24) is 14.1 Å². The predicted octanol–water partition coefficient (Wildman–Crippen LogP) is 1.20. The van der Waals surface area contributed by atoms with Gasteiger partial charge in [-0.1, -0.05) is 18.2 Å². The number of hydrogen-bond donors (Lipinski definition) is 2. The number of esters is 1. The highest BCUT2D eigenvalue weighted by atomic mass is 32.2. The van der Waals surface area contributed by atoms with Crippen LogP contribution in [-0.2, 0) is 31.4 Å². The van der Waals surface area contributed by atoms with Gasteiger partial charge in [0, 0.05) is 7.05 Å². The number of para-hydroxylation sites is 1. The third-order valence-electron chi connectivity index (χ3n) is 5.18. The number of benzene rings is 2. The van der Waals surface area contributed by atoms with Gasteiger partial charge in [-0.3, -0.25) is 19.1 Å². The summed E-state index contributed by atoms with van der Waals surface area (Å²) in [7, 11) is -2.36. The number of carbonyl (C=O) groups is 2. The lowest BCUT2D eigenvalue weighted by atomic mass is 10.2. The Morgan fingerprint density at radius 1 is 1.11 bits per heavy atom. The normalized spacial score (nSPS) is 11.9. The summed E-state index contributed by atoms with van der Waals surface area (Å²) in [6.45, 7) is 2.24. The number of carbonyl (C=O) groups excluding carboxylic acids is 2. The van der Waals surface area contributed by atoms with E-state index in [9.17, 15) is 22.8 Å². The maximum atomic E-state index is 12.9. The van der Waals surface area contributed by atoms with Crippen molar-refractivity contribution < 1.29 is 22.7 Å². The molecule has 1 atom stereocenters. The van der Waals surface area contributed by atoms with Gasteiger partial charge in [-0.25, -0.2) is 13.1 Å². The second kappa shape index (κ2) is 10.4. The van der Waals surface area contributed by atoms with E-state index in [1.165, 1.54) is 35.9 Å². The number of sulfonamides is 1. The first-order chi connectivity index (χ1) is 16.5. The van der Waals surface area contributed by atoms with Crippen LogP contribution < -0.4 is 15.6 Å². The molecule has 1 unspecified atom stereocenters. The van der Waals surface area contributed by atoms with Gasteiger partial charge in [0.2, 0.25) is 10.0 Å². The maximum absolute atomic E-state index is 12.9. The molecule has 2 N–H and O–H groups in total. The molecule has 1 aromatic heterocycles. The van der Waals surface area contributed by atoms with Gasteiger partial charge in [0.1, 0.15) is 12.2 Å². The van der Waals surface area contributed by atoms with Crippen molar-refractivity contribution in [3.05, 3.63) is 76.2 Å². The zero-order valence-corrected chi connectivity index (χ0v) is 20.0. The van der Waals surface area contributed by atoms with Crippen molar-refractivity contribution in [3.63, 3.8) is 0 Å². The van der Waals surface area contributed by atoms with E-state index in [-0.39, 0.29) is 16.1 Å². The van der Waals surface area contributed by atoms with E-state index >= 15 is 0 Å². The van der Waals surface area contributed by atoms with Crippen molar-refractivity contribution in [3.8, 4) is 11.8 Å². The Kier molecular flexibility index (Phi) is 7.53. The molecule has 1 heterocycles. The molecule has 0 aliphatic rings. The Balaban J connectivity index is 1.63. The largest absolute Gasteiger partial charge is 0.452 e. The van der Waals surface area contributed by atoms with Gasteiger partial charge in [-0.15, -0.1) is 0 Å². The summed E-state index contributed by atoms with van der Waals surface area (Å²) in [5.41, 5.74) is 0.954. The van der Waals surface area contributed by atoms with Gasteiger partial charge < -0.3 is 10.1 Å². The summed E-state index contributed by atoms with van der Waals surface area (Å²) >= 11 is 0. The Hall–Kier alpha value is -4.21. The summed E-state index contributed by atoms with van der Waals surface area (Å²) in [5, 5.41) is 11.3. The number of aromatic nitrogens is 2. The average molecular weight is 498 g/mol. The molecule has 3 rings (SSSR count). The number of ether oxygens (including phenoxy) is 1. The third kappa shape index (κ3) is 5.65. The number of nitrogens with zero attached hydrogens (tertiary/aromatic N) is 3. The van der Waals surface area contributed by atoms with Gasteiger partial charge in [0.25, 0.3) is 11.5 Å². The van der Waals surface area contributed by atoms with Crippen LogP contribution in [0.5, 0.6) is 0 Å². The molecule has 0 saturated heterocycles. The van der Waals surface area contributed by atoms with E-state index in [0.29, 0.717) is 11.4 Å². The minimum atomic E-state index is -4.03. The SMILES string of the molecule is Cc1c(NC(=O)C(C)OC(=O)CNS(=O)(=O)c2ccc(C#N)cc2)c(=O)n(-c2ccccc2)n1C. The molecule has 12 heteroatoms. The smallest absolute Gasteiger partial charge is 0.321 e. The fraction of sp³-hybridized carbons (Fsp3) is 0.217. The topological polar surface area (TPSA) is 152 Å². The van der Waals surface area contributed by atoms with Crippen LogP contribution in [0.15, 0.2) is 64.3 Å². The molecule has 0 bridgehead atoms. The van der Waals surface area contributed by atoms with Crippen LogP contribution in [0.2, 0.25) is 0 Å². The summed E-state index contributed by atoms with van der Waals surface area (Å²) in [6.07, 6.45) is -1.30. The summed E-state index contributed by atoms with van der Waals surface area (Å²) in [5.74, 6) is -1.74. The first-order valence-electron chi connectivity index (χ1n) is 10.4. The lowest BCUT2D eigenvalue weighted by Gasteiger charge is -2.13. The van der Waals surface area contributed by atoms with Crippen LogP contribution >= 0.6 is 0 Å². The molecule has 3 aromatic rings. The highest BCUT2D eigenvalue weighted by Crippen LogP contribution is 2.15. The molecule has 0 fully saturated rings. The van der Waals surface area contributed by atoms with Gasteiger partial charge >= 0.3 is 5.97 Å². The number of nitrogens with one attached hydrogen (secondary N) is 2. The van der Waals surface area contributed by atoms with Crippen molar-refractivity contribution in [1.29, 1.82) is 5.26 Å². The second-order valence-electron chi connectivity index (χ2n) is 7.52. The van der Waals surface area contributed by atoms with Crippen molar-refractivity contribution >= 4 is 27.6 Å². The van der Waals surface area contributed by atoms with Crippen LogP contribution in [0.25, 0.3) is 5.69 Å². The number of hydrogen-bond acceptors (Lipinski definition) is 7. The number of anilines is 1. The van der Waals surface area contributed by atoms with E-state index < -0.39 is 40.1 Å². The van der Waals surface area contributed by atoms with Crippen LogP contribution in [-0.4, -0.2) is 42.3 Å². The lowest BCUT2D eigenvalue weighted by Crippen LogP contribution is -2.36. The molecule has 0 spiro atoms. The fourth-order valence-corrected chi connectivity index (χ4v) is 4.14. The van der Waals surface area contributed by atoms with Crippen molar-refractivity contribution in [2.24, 2.45) is 7.05 Å². The highest BCUT2D eigenvalue weighted by Gasteiger charge is 2.24. The summed E-state index contributed by atoms with van der Waals surface area (Å²) < 4.78 is 34.7.